The van der Waals surface area contributed by atoms with Crippen LogP contribution < -0.4 is 28.5 Å². The standard InChI is InChI=1S/C30H31F2N6O5S.HI/c1-20(28-35-27(15-44-28)23-7-5-22(14-33)6-8-23)30(41,25-13-24(31)9-10-26(25)32)16-38-18-37(17-34-38)19-43-29(40)36(3)11-4-12-42-21(2)39;/h5-10,13,15,17-18,20,41H,4,11-12,16,19H2,1-3H3;1H/q+1;/p-1/t20-,30+;/m0./s1. The molecule has 2 aromatic carbocycles. The second kappa shape index (κ2) is 15.8. The van der Waals surface area contributed by atoms with E-state index in [4.69, 9.17) is 14.7 Å². The number of esters is 1. The number of carbonyl (C=O) groups is 2. The van der Waals surface area contributed by atoms with Crippen LogP contribution in [0.15, 0.2) is 60.5 Å². The van der Waals surface area contributed by atoms with Crippen molar-refractivity contribution in [1.82, 2.24) is 19.7 Å². The van der Waals surface area contributed by atoms with Gasteiger partial charge in [-0.25, -0.2) is 23.1 Å². The van der Waals surface area contributed by atoms with E-state index in [-0.39, 0.29) is 49.4 Å². The Hall–Kier alpha value is -4.01. The highest BCUT2D eigenvalue weighted by atomic mass is 127. The number of hydrogen-bond acceptors (Lipinski definition) is 9. The van der Waals surface area contributed by atoms with Crippen LogP contribution in [0, 0.1) is 23.0 Å². The molecule has 238 valence electrons. The lowest BCUT2D eigenvalue weighted by atomic mass is 9.82. The van der Waals surface area contributed by atoms with Crippen LogP contribution >= 0.6 is 11.3 Å². The Kier molecular flexibility index (Phi) is 12.5. The number of aromatic nitrogens is 4. The molecule has 2 aromatic heterocycles. The fraction of sp³-hybridized carbons (Fsp3) is 0.333. The highest BCUT2D eigenvalue weighted by Crippen LogP contribution is 2.41. The van der Waals surface area contributed by atoms with Crippen molar-refractivity contribution in [3.63, 3.8) is 0 Å². The molecule has 4 rings (SSSR count). The minimum absolute atomic E-state index is 0. The second-order valence-corrected chi connectivity index (χ2v) is 11.0. The average Bonchev–Trinajstić information content (AvgIpc) is 3.68. The molecule has 4 aromatic rings. The maximum absolute atomic E-state index is 15.1. The Morgan fingerprint density at radius 2 is 1.96 bits per heavy atom. The third-order valence-electron chi connectivity index (χ3n) is 6.94. The number of nitriles is 1. The van der Waals surface area contributed by atoms with Gasteiger partial charge < -0.3 is 43.5 Å². The summed E-state index contributed by atoms with van der Waals surface area (Å²) < 4.78 is 42.4. The SMILES string of the molecule is CC(=O)OCCCN(C)C(=O)OC[n+]1cnn(C[C@](O)(c2cc(F)ccc2F)[C@@H](C)c2nc(-c3ccc(C#N)cc3)cs2)c1.[I-]. The highest BCUT2D eigenvalue weighted by molar-refractivity contribution is 7.10. The van der Waals surface area contributed by atoms with Crippen molar-refractivity contribution in [1.29, 1.82) is 5.26 Å². The van der Waals surface area contributed by atoms with Gasteiger partial charge in [0.25, 0.3) is 6.33 Å². The summed E-state index contributed by atoms with van der Waals surface area (Å²) in [5.74, 6) is -2.73. The van der Waals surface area contributed by atoms with Gasteiger partial charge in [-0.05, 0) is 36.8 Å². The number of hydrogen-bond donors (Lipinski definition) is 1. The maximum atomic E-state index is 15.1. The monoisotopic (exact) mass is 752 g/mol. The minimum Gasteiger partial charge on any atom is -1.00 e. The first kappa shape index (κ1) is 35.5. The molecular weight excluding hydrogens is 721 g/mol. The van der Waals surface area contributed by atoms with Crippen LogP contribution in [-0.2, 0) is 33.1 Å². The van der Waals surface area contributed by atoms with E-state index < -0.39 is 35.2 Å². The Labute approximate surface area is 279 Å². The lowest BCUT2D eigenvalue weighted by molar-refractivity contribution is -0.728. The van der Waals surface area contributed by atoms with Crippen LogP contribution in [0.5, 0.6) is 0 Å². The van der Waals surface area contributed by atoms with Crippen molar-refractivity contribution in [3.8, 4) is 17.3 Å². The quantitative estimate of drug-likeness (QED) is 0.0986. The molecule has 45 heavy (non-hydrogen) atoms. The smallest absolute Gasteiger partial charge is 0.412 e. The normalized spacial score (nSPS) is 12.7. The van der Waals surface area contributed by atoms with Crippen molar-refractivity contribution in [2.45, 2.75) is 45.1 Å². The molecule has 0 spiro atoms. The highest BCUT2D eigenvalue weighted by Gasteiger charge is 2.43. The molecule has 0 aliphatic heterocycles. The summed E-state index contributed by atoms with van der Waals surface area (Å²) in [5, 5.41) is 27.6. The molecule has 0 unspecified atom stereocenters. The molecule has 0 saturated carbocycles. The largest absolute Gasteiger partial charge is 1.00 e. The van der Waals surface area contributed by atoms with Crippen molar-refractivity contribution in [3.05, 3.63) is 88.3 Å². The predicted octanol–water partition coefficient (Wildman–Crippen LogP) is 1.12. The van der Waals surface area contributed by atoms with Crippen LogP contribution in [0.2, 0.25) is 0 Å². The van der Waals surface area contributed by atoms with E-state index in [9.17, 15) is 19.1 Å². The number of benzene rings is 2. The topological polar surface area (TPSA) is 134 Å². The first-order chi connectivity index (χ1) is 21.0. The maximum Gasteiger partial charge on any atom is 0.412 e. The van der Waals surface area contributed by atoms with E-state index in [0.717, 1.165) is 23.8 Å². The molecule has 2 atom stereocenters. The van der Waals surface area contributed by atoms with E-state index in [1.165, 1.54) is 45.1 Å². The number of nitrogens with zero attached hydrogens (tertiary/aromatic N) is 6. The summed E-state index contributed by atoms with van der Waals surface area (Å²) in [6.07, 6.45) is 2.67. The van der Waals surface area contributed by atoms with E-state index in [1.807, 2.05) is 0 Å². The molecule has 15 heteroatoms. The molecule has 0 fully saturated rings. The van der Waals surface area contributed by atoms with Crippen LogP contribution in [0.4, 0.5) is 13.6 Å². The molecule has 1 amide bonds. The van der Waals surface area contributed by atoms with Crippen LogP contribution in [-0.4, -0.2) is 57.0 Å². The van der Waals surface area contributed by atoms with Crippen molar-refractivity contribution >= 4 is 23.4 Å². The summed E-state index contributed by atoms with van der Waals surface area (Å²) >= 11 is 1.26. The summed E-state index contributed by atoms with van der Waals surface area (Å²) in [7, 11) is 1.55. The van der Waals surface area contributed by atoms with Crippen LogP contribution in [0.1, 0.15) is 42.3 Å². The van der Waals surface area contributed by atoms with Crippen LogP contribution in [0.25, 0.3) is 11.3 Å². The zero-order valence-electron chi connectivity index (χ0n) is 24.7. The number of carbonyl (C=O) groups excluding carboxylic acids is 2. The van der Waals surface area contributed by atoms with Gasteiger partial charge in [0.05, 0.1) is 28.9 Å². The van der Waals surface area contributed by atoms with E-state index in [0.29, 0.717) is 29.2 Å². The van der Waals surface area contributed by atoms with Crippen LogP contribution in [0.3, 0.4) is 0 Å². The van der Waals surface area contributed by atoms with Gasteiger partial charge in [-0.2, -0.15) is 5.26 Å². The van der Waals surface area contributed by atoms with Crippen molar-refractivity contribution in [2.75, 3.05) is 20.2 Å². The zero-order chi connectivity index (χ0) is 31.9. The van der Waals surface area contributed by atoms with Gasteiger partial charge in [0.1, 0.15) is 23.8 Å². The predicted molar refractivity (Wildman–Crippen MR) is 154 cm³/mol. The number of amides is 1. The lowest BCUT2D eigenvalue weighted by Crippen LogP contribution is -3.00. The molecule has 0 bridgehead atoms. The van der Waals surface area contributed by atoms with Gasteiger partial charge in [-0.15, -0.1) is 16.0 Å². The third-order valence-corrected chi connectivity index (χ3v) is 7.97. The molecule has 2 heterocycles. The molecular formula is C30H31F2IN6O5S. The Balaban J connectivity index is 0.00000552. The fourth-order valence-electron chi connectivity index (χ4n) is 4.43. The Bertz CT molecular complexity index is 1660. The summed E-state index contributed by atoms with van der Waals surface area (Å²) in [5.41, 5.74) is -0.378. The summed E-state index contributed by atoms with van der Waals surface area (Å²) in [6, 6.07) is 11.8. The van der Waals surface area contributed by atoms with Gasteiger partial charge in [-0.3, -0.25) is 4.79 Å². The van der Waals surface area contributed by atoms with E-state index in [1.54, 1.807) is 43.6 Å². The van der Waals surface area contributed by atoms with Gasteiger partial charge in [0.15, 0.2) is 0 Å². The van der Waals surface area contributed by atoms with Gasteiger partial charge in [0, 0.05) is 48.0 Å². The average molecular weight is 753 g/mol. The molecule has 11 nitrogen and oxygen atoms in total. The second-order valence-electron chi connectivity index (χ2n) is 10.1. The number of halogens is 3. The van der Waals surface area contributed by atoms with Gasteiger partial charge in [0.2, 0.25) is 13.1 Å². The number of thiazole rings is 1. The first-order valence-electron chi connectivity index (χ1n) is 13.6. The van der Waals surface area contributed by atoms with E-state index in [2.05, 4.69) is 16.2 Å². The third kappa shape index (κ3) is 9.02. The molecule has 0 aliphatic rings. The van der Waals surface area contributed by atoms with Crippen molar-refractivity contribution in [2.24, 2.45) is 0 Å². The zero-order valence-corrected chi connectivity index (χ0v) is 27.7. The van der Waals surface area contributed by atoms with Gasteiger partial charge in [-0.1, -0.05) is 19.1 Å². The minimum atomic E-state index is -1.99. The van der Waals surface area contributed by atoms with E-state index >= 15 is 4.39 Å². The fourth-order valence-corrected chi connectivity index (χ4v) is 5.40. The Morgan fingerprint density at radius 1 is 1.22 bits per heavy atom. The van der Waals surface area contributed by atoms with Gasteiger partial charge >= 0.3 is 12.1 Å². The number of aliphatic hydroxyl groups is 1. The molecule has 0 saturated heterocycles. The first-order valence-corrected chi connectivity index (χ1v) is 14.4. The summed E-state index contributed by atoms with van der Waals surface area (Å²) in [4.78, 5) is 29.2. The Morgan fingerprint density at radius 3 is 2.64 bits per heavy atom. The van der Waals surface area contributed by atoms with Crippen molar-refractivity contribution < 1.29 is 61.5 Å². The molecule has 1 N–H and O–H groups in total. The molecule has 0 radical (unpaired) electrons. The number of rotatable bonds is 12. The lowest BCUT2D eigenvalue weighted by Gasteiger charge is -2.32. The number of ether oxygens (including phenoxy) is 2. The summed E-state index contributed by atoms with van der Waals surface area (Å²) in [6.45, 7) is 2.98. The molecule has 0 aliphatic carbocycles.